The van der Waals surface area contributed by atoms with Gasteiger partial charge in [-0.25, -0.2) is 13.6 Å². The van der Waals surface area contributed by atoms with E-state index in [1.165, 1.54) is 16.3 Å². The Morgan fingerprint density at radius 1 is 1.60 bits per heavy atom. The van der Waals surface area contributed by atoms with Crippen LogP contribution in [-0.2, 0) is 10.0 Å². The summed E-state index contributed by atoms with van der Waals surface area (Å²) in [6.07, 6.45) is 1.46. The molecule has 2 heterocycles. The zero-order chi connectivity index (χ0) is 15.0. The molecule has 2 N–H and O–H groups in total. The number of carbonyl (C=O) groups excluding carboxylic acids is 1. The van der Waals surface area contributed by atoms with Gasteiger partial charge >= 0.3 is 0 Å². The van der Waals surface area contributed by atoms with Gasteiger partial charge < -0.3 is 4.90 Å². The lowest BCUT2D eigenvalue weighted by Gasteiger charge is -2.35. The summed E-state index contributed by atoms with van der Waals surface area (Å²) in [5.41, 5.74) is -0.576. The fraction of sp³-hybridized carbons (Fsp3) is 0.500. The number of rotatable bonds is 2. The van der Waals surface area contributed by atoms with Crippen molar-refractivity contribution in [2.45, 2.75) is 24.7 Å². The quantitative estimate of drug-likeness (QED) is 0.884. The molecule has 2 rings (SSSR count). The molecule has 1 aromatic rings. The lowest BCUT2D eigenvalue weighted by molar-refractivity contribution is 0.0631. The van der Waals surface area contributed by atoms with Gasteiger partial charge in [0.05, 0.1) is 11.5 Å². The number of hydrogen-bond donors (Lipinski definition) is 1. The molecule has 1 atom stereocenters. The number of amides is 1. The van der Waals surface area contributed by atoms with Gasteiger partial charge in [-0.3, -0.25) is 4.79 Å². The monoisotopic (exact) mass is 313 g/mol. The standard InChI is InChI=1S/C12H15N3O3S2/c1-12(7-13)4-2-5-15(8-12)11(16)10-9(3-6-19-10)20(14,17)18/h3,6H,2,4-5,8H2,1H3,(H2,14,17,18). The second-order valence-electron chi connectivity index (χ2n) is 5.16. The molecule has 0 radical (unpaired) electrons. The Balaban J connectivity index is 2.30. The number of nitriles is 1. The molecule has 1 aliphatic rings. The van der Waals surface area contributed by atoms with E-state index in [1.807, 2.05) is 0 Å². The van der Waals surface area contributed by atoms with Gasteiger partial charge in [0.1, 0.15) is 9.77 Å². The largest absolute Gasteiger partial charge is 0.336 e. The van der Waals surface area contributed by atoms with Crippen LogP contribution in [0.1, 0.15) is 29.4 Å². The number of piperidine rings is 1. The lowest BCUT2D eigenvalue weighted by Crippen LogP contribution is -2.44. The van der Waals surface area contributed by atoms with Crippen molar-refractivity contribution in [1.29, 1.82) is 5.26 Å². The van der Waals surface area contributed by atoms with E-state index in [4.69, 9.17) is 10.4 Å². The first-order valence-corrected chi connectivity index (χ1v) is 8.50. The number of thiophene rings is 1. The third kappa shape index (κ3) is 2.85. The Morgan fingerprint density at radius 3 is 2.90 bits per heavy atom. The van der Waals surface area contributed by atoms with Crippen molar-refractivity contribution in [3.05, 3.63) is 16.3 Å². The maximum absolute atomic E-state index is 12.4. The highest BCUT2D eigenvalue weighted by Crippen LogP contribution is 2.31. The Hall–Kier alpha value is -1.43. The number of sulfonamides is 1. The third-order valence-corrected chi connectivity index (χ3v) is 5.37. The summed E-state index contributed by atoms with van der Waals surface area (Å²) < 4.78 is 22.9. The molecule has 1 fully saturated rings. The Labute approximate surface area is 121 Å². The highest BCUT2D eigenvalue weighted by Gasteiger charge is 2.35. The van der Waals surface area contributed by atoms with Crippen LogP contribution in [0.3, 0.4) is 0 Å². The van der Waals surface area contributed by atoms with Gasteiger partial charge in [0.25, 0.3) is 5.91 Å². The maximum Gasteiger partial charge on any atom is 0.265 e. The summed E-state index contributed by atoms with van der Waals surface area (Å²) in [5, 5.41) is 15.8. The van der Waals surface area contributed by atoms with Crippen LogP contribution in [0.5, 0.6) is 0 Å². The number of hydrogen-bond acceptors (Lipinski definition) is 5. The fourth-order valence-electron chi connectivity index (χ4n) is 2.33. The molecule has 0 saturated carbocycles. The number of nitrogens with two attached hydrogens (primary N) is 1. The molecule has 1 amide bonds. The Kier molecular flexibility index (Phi) is 3.86. The van der Waals surface area contributed by atoms with Crippen molar-refractivity contribution in [3.8, 4) is 6.07 Å². The van der Waals surface area contributed by atoms with Gasteiger partial charge in [-0.2, -0.15) is 5.26 Å². The highest BCUT2D eigenvalue weighted by atomic mass is 32.2. The molecule has 0 spiro atoms. The summed E-state index contributed by atoms with van der Waals surface area (Å²) >= 11 is 1.05. The average molecular weight is 313 g/mol. The predicted octanol–water partition coefficient (Wildman–Crippen LogP) is 1.16. The zero-order valence-corrected chi connectivity index (χ0v) is 12.6. The van der Waals surface area contributed by atoms with Crippen LogP contribution < -0.4 is 5.14 Å². The second-order valence-corrected chi connectivity index (χ2v) is 7.61. The summed E-state index contributed by atoms with van der Waals surface area (Å²) in [6, 6.07) is 3.56. The van der Waals surface area contributed by atoms with Crippen molar-refractivity contribution in [1.82, 2.24) is 4.90 Å². The van der Waals surface area contributed by atoms with Gasteiger partial charge in [-0.15, -0.1) is 11.3 Å². The zero-order valence-electron chi connectivity index (χ0n) is 11.0. The van der Waals surface area contributed by atoms with Crippen molar-refractivity contribution in [2.24, 2.45) is 10.6 Å². The van der Waals surface area contributed by atoms with E-state index in [0.29, 0.717) is 13.1 Å². The van der Waals surface area contributed by atoms with Crippen molar-refractivity contribution in [3.63, 3.8) is 0 Å². The van der Waals surface area contributed by atoms with Crippen LogP contribution in [0.25, 0.3) is 0 Å². The molecule has 20 heavy (non-hydrogen) atoms. The van der Waals surface area contributed by atoms with Crippen LogP contribution in [0.4, 0.5) is 0 Å². The van der Waals surface area contributed by atoms with E-state index in [1.54, 1.807) is 6.92 Å². The molecule has 0 bridgehead atoms. The fourth-order valence-corrected chi connectivity index (χ4v) is 4.26. The van der Waals surface area contributed by atoms with Crippen molar-refractivity contribution < 1.29 is 13.2 Å². The van der Waals surface area contributed by atoms with E-state index in [0.717, 1.165) is 24.2 Å². The first kappa shape index (κ1) is 15.0. The van der Waals surface area contributed by atoms with Gasteiger partial charge in [-0.1, -0.05) is 0 Å². The van der Waals surface area contributed by atoms with Crippen molar-refractivity contribution in [2.75, 3.05) is 13.1 Å². The lowest BCUT2D eigenvalue weighted by atomic mass is 9.83. The molecule has 0 aromatic carbocycles. The van der Waals surface area contributed by atoms with Gasteiger partial charge in [0.15, 0.2) is 0 Å². The number of nitrogens with zero attached hydrogens (tertiary/aromatic N) is 2. The summed E-state index contributed by atoms with van der Waals surface area (Å²) in [6.45, 7) is 2.64. The van der Waals surface area contributed by atoms with Crippen LogP contribution in [0.15, 0.2) is 16.3 Å². The summed E-state index contributed by atoms with van der Waals surface area (Å²) in [5.74, 6) is -0.370. The molecule has 6 nitrogen and oxygen atoms in total. The second kappa shape index (κ2) is 5.16. The van der Waals surface area contributed by atoms with Crippen LogP contribution in [0.2, 0.25) is 0 Å². The van der Waals surface area contributed by atoms with Crippen molar-refractivity contribution >= 4 is 27.3 Å². The predicted molar refractivity (Wildman–Crippen MR) is 74.5 cm³/mol. The first-order chi connectivity index (χ1) is 9.27. The van der Waals surface area contributed by atoms with Gasteiger partial charge in [0, 0.05) is 13.1 Å². The number of likely N-dealkylation sites (tertiary alicyclic amines) is 1. The molecule has 108 valence electrons. The topological polar surface area (TPSA) is 104 Å². The highest BCUT2D eigenvalue weighted by molar-refractivity contribution is 7.89. The Bertz CT molecular complexity index is 674. The number of carbonyl (C=O) groups is 1. The molecule has 0 aliphatic carbocycles. The van der Waals surface area contributed by atoms with E-state index in [9.17, 15) is 13.2 Å². The third-order valence-electron chi connectivity index (χ3n) is 3.38. The van der Waals surface area contributed by atoms with E-state index in [-0.39, 0.29) is 15.7 Å². The molecule has 8 heteroatoms. The Morgan fingerprint density at radius 2 is 2.30 bits per heavy atom. The van der Waals surface area contributed by atoms with Crippen LogP contribution in [-0.4, -0.2) is 32.3 Å². The molecule has 1 aromatic heterocycles. The smallest absolute Gasteiger partial charge is 0.265 e. The van der Waals surface area contributed by atoms with E-state index < -0.39 is 15.4 Å². The minimum absolute atomic E-state index is 0.120. The number of primary sulfonamides is 1. The van der Waals surface area contributed by atoms with E-state index >= 15 is 0 Å². The van der Waals surface area contributed by atoms with Gasteiger partial charge in [0.2, 0.25) is 10.0 Å². The first-order valence-electron chi connectivity index (χ1n) is 6.08. The molecule has 1 saturated heterocycles. The minimum Gasteiger partial charge on any atom is -0.336 e. The van der Waals surface area contributed by atoms with E-state index in [2.05, 4.69) is 6.07 Å². The van der Waals surface area contributed by atoms with Crippen LogP contribution in [0, 0.1) is 16.7 Å². The maximum atomic E-state index is 12.4. The van der Waals surface area contributed by atoms with Crippen LogP contribution >= 0.6 is 11.3 Å². The SMILES string of the molecule is CC1(C#N)CCCN(C(=O)c2sccc2S(N)(=O)=O)C1. The molecular formula is C12H15N3O3S2. The summed E-state index contributed by atoms with van der Waals surface area (Å²) in [4.78, 5) is 14.0. The normalized spacial score (nSPS) is 23.4. The minimum atomic E-state index is -3.91. The molecular weight excluding hydrogens is 298 g/mol. The molecule has 1 aliphatic heterocycles. The van der Waals surface area contributed by atoms with Gasteiger partial charge in [-0.05, 0) is 31.2 Å². The average Bonchev–Trinajstić information content (AvgIpc) is 2.87. The molecule has 1 unspecified atom stereocenters. The summed E-state index contributed by atoms with van der Waals surface area (Å²) in [7, 11) is -3.91.